The van der Waals surface area contributed by atoms with Gasteiger partial charge in [-0.25, -0.2) is 0 Å². The highest BCUT2D eigenvalue weighted by Gasteiger charge is 2.36. The van der Waals surface area contributed by atoms with E-state index in [4.69, 9.17) is 4.99 Å². The van der Waals surface area contributed by atoms with Crippen molar-refractivity contribution in [1.82, 2.24) is 10.2 Å². The minimum Gasteiger partial charge on any atom is -0.361 e. The van der Waals surface area contributed by atoms with E-state index >= 15 is 0 Å². The zero-order valence-corrected chi connectivity index (χ0v) is 13.7. The molecule has 1 fully saturated rings. The van der Waals surface area contributed by atoms with Crippen LogP contribution in [0.5, 0.6) is 0 Å². The van der Waals surface area contributed by atoms with Gasteiger partial charge in [0.15, 0.2) is 5.17 Å². The second-order valence-corrected chi connectivity index (χ2v) is 7.84. The third-order valence-electron chi connectivity index (χ3n) is 4.41. The number of aliphatic imine (C=N–C) groups is 1. The van der Waals surface area contributed by atoms with Crippen LogP contribution >= 0.6 is 11.8 Å². The molecule has 1 N–H and O–H groups in total. The Bertz CT molecular complexity index is 319. The van der Waals surface area contributed by atoms with E-state index in [1.54, 1.807) is 0 Å². The number of thioether (sulfide) groups is 1. The number of likely N-dealkylation sites (N-methyl/N-ethyl adjacent to an activating group) is 1. The molecule has 4 heteroatoms. The minimum atomic E-state index is 0.499. The van der Waals surface area contributed by atoms with E-state index in [0.29, 0.717) is 17.4 Å². The lowest BCUT2D eigenvalue weighted by atomic mass is 9.89. The summed E-state index contributed by atoms with van der Waals surface area (Å²) in [5.41, 5.74) is 0.546. The van der Waals surface area contributed by atoms with Crippen molar-refractivity contribution in [3.05, 3.63) is 0 Å². The number of nitrogens with one attached hydrogen (secondary N) is 1. The second kappa shape index (κ2) is 6.49. The van der Waals surface area contributed by atoms with Gasteiger partial charge in [0.05, 0.1) is 0 Å². The smallest absolute Gasteiger partial charge is 0.156 e. The van der Waals surface area contributed by atoms with E-state index < -0.39 is 0 Å². The number of hydrogen-bond donors (Lipinski definition) is 1. The summed E-state index contributed by atoms with van der Waals surface area (Å²) in [4.78, 5) is 7.10. The summed E-state index contributed by atoms with van der Waals surface area (Å²) in [5, 5.41) is 4.84. The Morgan fingerprint density at radius 1 is 1.32 bits per heavy atom. The van der Waals surface area contributed by atoms with Gasteiger partial charge in [-0.3, -0.25) is 4.99 Å². The molecule has 0 radical (unpaired) electrons. The van der Waals surface area contributed by atoms with Crippen LogP contribution in [-0.4, -0.2) is 49.0 Å². The van der Waals surface area contributed by atoms with Crippen LogP contribution in [0.4, 0.5) is 0 Å². The van der Waals surface area contributed by atoms with Crippen molar-refractivity contribution in [2.75, 3.05) is 32.9 Å². The maximum atomic E-state index is 4.84. The third-order valence-corrected chi connectivity index (χ3v) is 5.69. The second-order valence-electron chi connectivity index (χ2n) is 6.87. The molecule has 1 atom stereocenters. The normalized spacial score (nSPS) is 24.0. The lowest BCUT2D eigenvalue weighted by Crippen LogP contribution is -2.45. The van der Waals surface area contributed by atoms with Crippen LogP contribution in [0.3, 0.4) is 0 Å². The molecular weight excluding hydrogens is 254 g/mol. The zero-order valence-electron chi connectivity index (χ0n) is 12.9. The summed E-state index contributed by atoms with van der Waals surface area (Å²) in [7, 11) is 4.28. The van der Waals surface area contributed by atoms with E-state index in [-0.39, 0.29) is 0 Å². The molecule has 110 valence electrons. The average molecular weight is 283 g/mol. The van der Waals surface area contributed by atoms with Crippen LogP contribution in [0.1, 0.15) is 39.5 Å². The van der Waals surface area contributed by atoms with Gasteiger partial charge in [0.2, 0.25) is 0 Å². The molecule has 1 saturated carbocycles. The molecule has 0 bridgehead atoms. The van der Waals surface area contributed by atoms with Gasteiger partial charge < -0.3 is 10.2 Å². The van der Waals surface area contributed by atoms with Crippen molar-refractivity contribution in [3.8, 4) is 0 Å². The molecule has 1 aliphatic heterocycles. The van der Waals surface area contributed by atoms with E-state index in [0.717, 1.165) is 13.1 Å². The maximum absolute atomic E-state index is 4.84. The number of rotatable bonds is 4. The summed E-state index contributed by atoms with van der Waals surface area (Å²) in [5.74, 6) is 1.90. The van der Waals surface area contributed by atoms with Crippen LogP contribution in [0, 0.1) is 11.3 Å². The molecule has 0 saturated heterocycles. The Morgan fingerprint density at radius 3 is 2.47 bits per heavy atom. The lowest BCUT2D eigenvalue weighted by Gasteiger charge is -2.33. The summed E-state index contributed by atoms with van der Waals surface area (Å²) < 4.78 is 0. The highest BCUT2D eigenvalue weighted by Crippen LogP contribution is 2.43. The van der Waals surface area contributed by atoms with Crippen molar-refractivity contribution < 1.29 is 0 Å². The van der Waals surface area contributed by atoms with Gasteiger partial charge in [-0.1, -0.05) is 38.5 Å². The minimum absolute atomic E-state index is 0.499. The van der Waals surface area contributed by atoms with Crippen LogP contribution in [0.15, 0.2) is 4.99 Å². The zero-order chi connectivity index (χ0) is 13.9. The van der Waals surface area contributed by atoms with Crippen LogP contribution in [0.25, 0.3) is 0 Å². The van der Waals surface area contributed by atoms with Crippen LogP contribution in [-0.2, 0) is 0 Å². The molecular formula is C15H29N3S. The topological polar surface area (TPSA) is 27.6 Å². The highest BCUT2D eigenvalue weighted by molar-refractivity contribution is 8.13. The number of nitrogens with zero attached hydrogens (tertiary/aromatic N) is 2. The predicted octanol–water partition coefficient (Wildman–Crippen LogP) is 2.83. The van der Waals surface area contributed by atoms with Gasteiger partial charge in [-0.2, -0.15) is 0 Å². The molecule has 2 aliphatic rings. The average Bonchev–Trinajstić information content (AvgIpc) is 2.79. The first-order chi connectivity index (χ1) is 9.01. The molecule has 0 aromatic rings. The summed E-state index contributed by atoms with van der Waals surface area (Å²) in [6, 6.07) is 0.499. The molecule has 3 nitrogen and oxygen atoms in total. The van der Waals surface area contributed by atoms with Crippen molar-refractivity contribution in [2.24, 2.45) is 16.3 Å². The fourth-order valence-corrected chi connectivity index (χ4v) is 4.26. The Labute approximate surface area is 122 Å². The Hall–Kier alpha value is -0.220. The van der Waals surface area contributed by atoms with Gasteiger partial charge in [-0.15, -0.1) is 0 Å². The Balaban J connectivity index is 1.90. The quantitative estimate of drug-likeness (QED) is 0.860. The Morgan fingerprint density at radius 2 is 2.00 bits per heavy atom. The van der Waals surface area contributed by atoms with Gasteiger partial charge in [0, 0.05) is 24.9 Å². The largest absolute Gasteiger partial charge is 0.361 e. The van der Waals surface area contributed by atoms with Crippen molar-refractivity contribution in [3.63, 3.8) is 0 Å². The fourth-order valence-electron chi connectivity index (χ4n) is 3.04. The lowest BCUT2D eigenvalue weighted by molar-refractivity contribution is 0.312. The van der Waals surface area contributed by atoms with Gasteiger partial charge in [-0.05, 0) is 38.3 Å². The molecule has 1 heterocycles. The van der Waals surface area contributed by atoms with Gasteiger partial charge >= 0.3 is 0 Å². The molecule has 1 spiro atoms. The summed E-state index contributed by atoms with van der Waals surface area (Å²) >= 11 is 1.95. The van der Waals surface area contributed by atoms with Crippen LogP contribution in [0.2, 0.25) is 0 Å². The molecule has 19 heavy (non-hydrogen) atoms. The maximum Gasteiger partial charge on any atom is 0.156 e. The first-order valence-corrected chi connectivity index (χ1v) is 8.58. The molecule has 1 unspecified atom stereocenters. The van der Waals surface area contributed by atoms with E-state index in [2.05, 4.69) is 38.2 Å². The van der Waals surface area contributed by atoms with Gasteiger partial charge in [0.1, 0.15) is 0 Å². The van der Waals surface area contributed by atoms with Crippen molar-refractivity contribution in [2.45, 2.75) is 45.6 Å². The van der Waals surface area contributed by atoms with Gasteiger partial charge in [0.25, 0.3) is 0 Å². The number of hydrogen-bond acceptors (Lipinski definition) is 4. The molecule has 0 aromatic carbocycles. The monoisotopic (exact) mass is 283 g/mol. The molecule has 0 aromatic heterocycles. The summed E-state index contributed by atoms with van der Waals surface area (Å²) in [6.07, 6.45) is 5.60. The molecule has 0 amide bonds. The summed E-state index contributed by atoms with van der Waals surface area (Å²) in [6.45, 7) is 6.69. The SMILES string of the molecule is CC(C)C(CN(C)C)NC1=NCC2(CCCC2)CS1. The first kappa shape index (κ1) is 15.2. The molecule has 1 aliphatic carbocycles. The van der Waals surface area contributed by atoms with Crippen molar-refractivity contribution >= 4 is 16.9 Å². The third kappa shape index (κ3) is 4.12. The fraction of sp³-hybridized carbons (Fsp3) is 0.933. The highest BCUT2D eigenvalue weighted by atomic mass is 32.2. The molecule has 2 rings (SSSR count). The van der Waals surface area contributed by atoms with Crippen molar-refractivity contribution in [1.29, 1.82) is 0 Å². The standard InChI is InChI=1S/C15H29N3S/c1-12(2)13(9-18(3)4)17-14-16-10-15(11-19-14)7-5-6-8-15/h12-13H,5-11H2,1-4H3,(H,16,17). The van der Waals surface area contributed by atoms with E-state index in [1.807, 2.05) is 11.8 Å². The predicted molar refractivity (Wildman–Crippen MR) is 86.0 cm³/mol. The van der Waals surface area contributed by atoms with Crippen LogP contribution < -0.4 is 5.32 Å². The first-order valence-electron chi connectivity index (χ1n) is 7.59. The Kier molecular flexibility index (Phi) is 5.18. The van der Waals surface area contributed by atoms with E-state index in [9.17, 15) is 0 Å². The van der Waals surface area contributed by atoms with E-state index in [1.165, 1.54) is 36.6 Å². The number of amidine groups is 1.